The molecule has 0 fully saturated rings. The lowest BCUT2D eigenvalue weighted by Crippen LogP contribution is -2.03. The molecule has 0 spiro atoms. The Bertz CT molecular complexity index is 833. The predicted octanol–water partition coefficient (Wildman–Crippen LogP) is 3.53. The minimum Gasteiger partial charge on any atom is -0.481 e. The average molecular weight is 312 g/mol. The molecule has 0 saturated carbocycles. The van der Waals surface area contributed by atoms with Crippen LogP contribution in [0.1, 0.15) is 15.9 Å². The number of hydrogen-bond donors (Lipinski definition) is 0. The molecular formula is C17H16N2O2S. The summed E-state index contributed by atoms with van der Waals surface area (Å²) in [6.07, 6.45) is 3.91. The van der Waals surface area contributed by atoms with E-state index in [1.165, 1.54) is 11.8 Å². The number of ether oxygens (including phenoxy) is 1. The van der Waals surface area contributed by atoms with Gasteiger partial charge in [-0.05, 0) is 36.6 Å². The number of rotatable bonds is 4. The van der Waals surface area contributed by atoms with Crippen LogP contribution in [0.5, 0.6) is 5.88 Å². The normalized spacial score (nSPS) is 10.9. The summed E-state index contributed by atoms with van der Waals surface area (Å²) in [7, 11) is 3.54. The van der Waals surface area contributed by atoms with Crippen molar-refractivity contribution in [3.8, 4) is 5.88 Å². The zero-order chi connectivity index (χ0) is 15.7. The van der Waals surface area contributed by atoms with Crippen molar-refractivity contribution < 1.29 is 9.53 Å². The van der Waals surface area contributed by atoms with E-state index in [9.17, 15) is 4.79 Å². The van der Waals surface area contributed by atoms with E-state index >= 15 is 0 Å². The zero-order valence-electron chi connectivity index (χ0n) is 12.7. The highest BCUT2D eigenvalue weighted by Crippen LogP contribution is 2.23. The van der Waals surface area contributed by atoms with Crippen LogP contribution in [-0.2, 0) is 7.05 Å². The van der Waals surface area contributed by atoms with E-state index in [4.69, 9.17) is 4.74 Å². The van der Waals surface area contributed by atoms with Crippen molar-refractivity contribution in [2.45, 2.75) is 5.03 Å². The second kappa shape index (κ2) is 5.85. The first-order valence-corrected chi connectivity index (χ1v) is 8.04. The van der Waals surface area contributed by atoms with Gasteiger partial charge in [-0.25, -0.2) is 4.98 Å². The molecular weight excluding hydrogens is 296 g/mol. The van der Waals surface area contributed by atoms with Crippen LogP contribution in [0.4, 0.5) is 0 Å². The van der Waals surface area contributed by atoms with Gasteiger partial charge in [0.25, 0.3) is 0 Å². The third-order valence-electron chi connectivity index (χ3n) is 3.61. The fraction of sp³-hybridized carbons (Fsp3) is 0.176. The van der Waals surface area contributed by atoms with Gasteiger partial charge < -0.3 is 9.30 Å². The topological polar surface area (TPSA) is 44.1 Å². The highest BCUT2D eigenvalue weighted by Gasteiger charge is 2.13. The van der Waals surface area contributed by atoms with Crippen molar-refractivity contribution in [2.75, 3.05) is 13.4 Å². The van der Waals surface area contributed by atoms with Crippen molar-refractivity contribution in [1.29, 1.82) is 0 Å². The van der Waals surface area contributed by atoms with Crippen LogP contribution in [0.2, 0.25) is 0 Å². The number of carbonyl (C=O) groups is 1. The quantitative estimate of drug-likeness (QED) is 0.546. The molecule has 0 radical (unpaired) electrons. The molecule has 0 atom stereocenters. The van der Waals surface area contributed by atoms with Crippen molar-refractivity contribution >= 4 is 28.4 Å². The lowest BCUT2D eigenvalue weighted by molar-refractivity contribution is 0.103. The van der Waals surface area contributed by atoms with E-state index in [-0.39, 0.29) is 5.78 Å². The Morgan fingerprint density at radius 1 is 1.18 bits per heavy atom. The van der Waals surface area contributed by atoms with Crippen molar-refractivity contribution in [2.24, 2.45) is 7.05 Å². The summed E-state index contributed by atoms with van der Waals surface area (Å²) < 4.78 is 7.21. The first-order valence-electron chi connectivity index (χ1n) is 6.82. The van der Waals surface area contributed by atoms with Crippen LogP contribution in [0.15, 0.2) is 47.6 Å². The Labute approximate surface area is 133 Å². The van der Waals surface area contributed by atoms with Crippen LogP contribution >= 0.6 is 11.8 Å². The number of thioether (sulfide) groups is 1. The minimum atomic E-state index is -0.0262. The summed E-state index contributed by atoms with van der Waals surface area (Å²) in [6, 6.07) is 11.2. The van der Waals surface area contributed by atoms with Crippen molar-refractivity contribution in [3.63, 3.8) is 0 Å². The zero-order valence-corrected chi connectivity index (χ0v) is 13.5. The highest BCUT2D eigenvalue weighted by molar-refractivity contribution is 7.98. The van der Waals surface area contributed by atoms with E-state index in [2.05, 4.69) is 4.98 Å². The molecule has 3 rings (SSSR count). The molecule has 0 N–H and O–H groups in total. The molecule has 2 aromatic heterocycles. The lowest BCUT2D eigenvalue weighted by Gasteiger charge is -2.07. The maximum absolute atomic E-state index is 12.7. The fourth-order valence-electron chi connectivity index (χ4n) is 2.41. The van der Waals surface area contributed by atoms with Gasteiger partial charge in [-0.3, -0.25) is 4.79 Å². The molecule has 112 valence electrons. The molecule has 3 aromatic rings. The third-order valence-corrected chi connectivity index (χ3v) is 4.23. The Balaban J connectivity index is 2.04. The first kappa shape index (κ1) is 14.7. The van der Waals surface area contributed by atoms with Crippen LogP contribution in [-0.4, -0.2) is 28.7 Å². The molecule has 0 aliphatic heterocycles. The number of hydrogen-bond acceptors (Lipinski definition) is 4. The second-order valence-corrected chi connectivity index (χ2v) is 5.80. The largest absolute Gasteiger partial charge is 0.481 e. The van der Waals surface area contributed by atoms with Gasteiger partial charge in [-0.15, -0.1) is 11.8 Å². The van der Waals surface area contributed by atoms with Crippen LogP contribution < -0.4 is 4.74 Å². The fourth-order valence-corrected chi connectivity index (χ4v) is 2.84. The van der Waals surface area contributed by atoms with Crippen LogP contribution in [0.25, 0.3) is 10.9 Å². The summed E-state index contributed by atoms with van der Waals surface area (Å²) in [5.74, 6) is 0.428. The third kappa shape index (κ3) is 2.60. The monoisotopic (exact) mass is 312 g/mol. The van der Waals surface area contributed by atoms with Gasteiger partial charge in [0.2, 0.25) is 5.88 Å². The number of benzene rings is 1. The van der Waals surface area contributed by atoms with Gasteiger partial charge in [0, 0.05) is 41.3 Å². The Kier molecular flexibility index (Phi) is 3.90. The number of pyridine rings is 1. The number of fused-ring (bicyclic) bond motifs is 1. The van der Waals surface area contributed by atoms with Gasteiger partial charge >= 0.3 is 0 Å². The summed E-state index contributed by atoms with van der Waals surface area (Å²) in [5.41, 5.74) is 2.36. The van der Waals surface area contributed by atoms with Gasteiger partial charge in [-0.2, -0.15) is 0 Å². The molecule has 22 heavy (non-hydrogen) atoms. The second-order valence-electron chi connectivity index (χ2n) is 4.97. The minimum absolute atomic E-state index is 0.0262. The van der Waals surface area contributed by atoms with Crippen molar-refractivity contribution in [3.05, 3.63) is 53.7 Å². The number of ketones is 1. The van der Waals surface area contributed by atoms with Gasteiger partial charge in [-0.1, -0.05) is 0 Å². The van der Waals surface area contributed by atoms with E-state index < -0.39 is 0 Å². The maximum atomic E-state index is 12.7. The molecule has 0 bridgehead atoms. The average Bonchev–Trinajstić information content (AvgIpc) is 2.94. The van der Waals surface area contributed by atoms with Gasteiger partial charge in [0.1, 0.15) is 5.03 Å². The van der Waals surface area contributed by atoms with Crippen LogP contribution in [0, 0.1) is 0 Å². The maximum Gasteiger partial charge on any atom is 0.214 e. The Morgan fingerprint density at radius 2 is 2.00 bits per heavy atom. The summed E-state index contributed by atoms with van der Waals surface area (Å²) in [6.45, 7) is 0. The number of nitrogens with zero attached hydrogens (tertiary/aromatic N) is 2. The number of methoxy groups -OCH3 is 1. The molecule has 1 aromatic carbocycles. The van der Waals surface area contributed by atoms with E-state index in [0.29, 0.717) is 17.0 Å². The molecule has 0 unspecified atom stereocenters. The van der Waals surface area contributed by atoms with Crippen molar-refractivity contribution in [1.82, 2.24) is 9.55 Å². The molecule has 2 heterocycles. The number of aryl methyl sites for hydroxylation is 1. The smallest absolute Gasteiger partial charge is 0.214 e. The van der Waals surface area contributed by atoms with Crippen LogP contribution in [0.3, 0.4) is 0 Å². The van der Waals surface area contributed by atoms with E-state index in [1.54, 1.807) is 19.2 Å². The molecule has 0 aliphatic carbocycles. The molecule has 0 aliphatic rings. The molecule has 0 amide bonds. The molecule has 0 saturated heterocycles. The Morgan fingerprint density at radius 3 is 2.73 bits per heavy atom. The summed E-state index contributed by atoms with van der Waals surface area (Å²) >= 11 is 1.48. The standard InChI is InChI=1S/C17H16N2O2S/c1-19-7-6-11-8-12(4-5-14(11)19)17(20)13-9-15(21-2)18-16(10-13)22-3/h4-10H,1-3H3. The predicted molar refractivity (Wildman–Crippen MR) is 88.9 cm³/mol. The first-order chi connectivity index (χ1) is 10.6. The molecule has 4 nitrogen and oxygen atoms in total. The molecule has 5 heteroatoms. The summed E-state index contributed by atoms with van der Waals surface area (Å²) in [5, 5.41) is 1.82. The lowest BCUT2D eigenvalue weighted by atomic mass is 10.0. The Hall–Kier alpha value is -2.27. The van der Waals surface area contributed by atoms with Gasteiger partial charge in [0.05, 0.1) is 7.11 Å². The van der Waals surface area contributed by atoms with E-state index in [1.807, 2.05) is 48.3 Å². The SMILES string of the molecule is COc1cc(C(=O)c2ccc3c(ccn3C)c2)cc(SC)n1. The van der Waals surface area contributed by atoms with E-state index in [0.717, 1.165) is 15.9 Å². The highest BCUT2D eigenvalue weighted by atomic mass is 32.2. The number of carbonyl (C=O) groups excluding carboxylic acids is 1. The number of aromatic nitrogens is 2. The van der Waals surface area contributed by atoms with Gasteiger partial charge in [0.15, 0.2) is 5.78 Å². The summed E-state index contributed by atoms with van der Waals surface area (Å²) in [4.78, 5) is 17.0.